The van der Waals surface area contributed by atoms with Gasteiger partial charge in [0.05, 0.1) is 12.1 Å². The summed E-state index contributed by atoms with van der Waals surface area (Å²) in [5.41, 5.74) is -0.421. The first-order valence-electron chi connectivity index (χ1n) is 5.27. The third-order valence-corrected chi connectivity index (χ3v) is 2.92. The van der Waals surface area contributed by atoms with Crippen molar-refractivity contribution in [3.05, 3.63) is 47.5 Å². The topological polar surface area (TPSA) is 12.4 Å². The van der Waals surface area contributed by atoms with Crippen LogP contribution in [0.4, 0.5) is 13.2 Å². The molecule has 0 bridgehead atoms. The van der Waals surface area contributed by atoms with Crippen LogP contribution in [0.15, 0.2) is 41.4 Å². The highest BCUT2D eigenvalue weighted by atomic mass is 19.4. The normalized spacial score (nSPS) is 24.0. The van der Waals surface area contributed by atoms with Gasteiger partial charge in [0.1, 0.15) is 0 Å². The van der Waals surface area contributed by atoms with Crippen LogP contribution in [0, 0.1) is 0 Å². The molecule has 0 spiro atoms. The van der Waals surface area contributed by atoms with E-state index in [1.165, 1.54) is 12.1 Å². The smallest absolute Gasteiger partial charge is 0.292 e. The van der Waals surface area contributed by atoms with Crippen LogP contribution in [0.5, 0.6) is 0 Å². The summed E-state index contributed by atoms with van der Waals surface area (Å²) in [7, 11) is 0. The van der Waals surface area contributed by atoms with Gasteiger partial charge in [-0.25, -0.2) is 0 Å². The number of allylic oxidation sites excluding steroid dienone is 1. The lowest BCUT2D eigenvalue weighted by atomic mass is 9.80. The SMILES string of the molecule is CC1(c2cccc(C(F)(F)F)c2)C=CC=NC1. The molecule has 0 amide bonds. The van der Waals surface area contributed by atoms with Gasteiger partial charge in [-0.1, -0.05) is 31.2 Å². The van der Waals surface area contributed by atoms with Gasteiger partial charge in [-0.15, -0.1) is 0 Å². The molecule has 1 heterocycles. The van der Waals surface area contributed by atoms with Gasteiger partial charge in [0.15, 0.2) is 0 Å². The molecule has 0 radical (unpaired) electrons. The molecule has 4 heteroatoms. The van der Waals surface area contributed by atoms with Crippen LogP contribution in [0.1, 0.15) is 18.1 Å². The van der Waals surface area contributed by atoms with Crippen molar-refractivity contribution in [1.82, 2.24) is 0 Å². The maximum atomic E-state index is 12.6. The third kappa shape index (κ3) is 2.40. The summed E-state index contributed by atoms with van der Waals surface area (Å²) in [6.07, 6.45) is 1.02. The molecule has 0 aliphatic carbocycles. The predicted molar refractivity (Wildman–Crippen MR) is 61.3 cm³/mol. The zero-order valence-electron chi connectivity index (χ0n) is 9.33. The fourth-order valence-electron chi connectivity index (χ4n) is 1.85. The van der Waals surface area contributed by atoms with Crippen LogP contribution < -0.4 is 0 Å². The fraction of sp³-hybridized carbons (Fsp3) is 0.308. The Kier molecular flexibility index (Phi) is 2.81. The molecule has 1 aliphatic heterocycles. The zero-order valence-corrected chi connectivity index (χ0v) is 9.33. The van der Waals surface area contributed by atoms with Crippen LogP contribution >= 0.6 is 0 Å². The second-order valence-corrected chi connectivity index (χ2v) is 4.34. The Hall–Kier alpha value is -1.58. The van der Waals surface area contributed by atoms with Gasteiger partial charge in [0.25, 0.3) is 0 Å². The summed E-state index contributed by atoms with van der Waals surface area (Å²) in [4.78, 5) is 4.11. The number of hydrogen-bond acceptors (Lipinski definition) is 1. The Morgan fingerprint density at radius 1 is 1.29 bits per heavy atom. The van der Waals surface area contributed by atoms with Crippen LogP contribution in [0.2, 0.25) is 0 Å². The minimum absolute atomic E-state index is 0.448. The van der Waals surface area contributed by atoms with E-state index in [-0.39, 0.29) is 0 Å². The Morgan fingerprint density at radius 2 is 2.06 bits per heavy atom. The molecule has 1 aromatic rings. The van der Waals surface area contributed by atoms with E-state index in [0.29, 0.717) is 12.1 Å². The lowest BCUT2D eigenvalue weighted by Gasteiger charge is -2.27. The molecular formula is C13H12F3N. The van der Waals surface area contributed by atoms with Gasteiger partial charge in [0, 0.05) is 11.6 Å². The second kappa shape index (κ2) is 4.02. The van der Waals surface area contributed by atoms with E-state index in [2.05, 4.69) is 4.99 Å². The van der Waals surface area contributed by atoms with Gasteiger partial charge in [0.2, 0.25) is 0 Å². The summed E-state index contributed by atoms with van der Waals surface area (Å²) >= 11 is 0. The summed E-state index contributed by atoms with van der Waals surface area (Å²) in [6.45, 7) is 2.36. The van der Waals surface area contributed by atoms with E-state index in [0.717, 1.165) is 6.07 Å². The average Bonchev–Trinajstić information content (AvgIpc) is 2.29. The van der Waals surface area contributed by atoms with Crippen molar-refractivity contribution < 1.29 is 13.2 Å². The van der Waals surface area contributed by atoms with Crippen molar-refractivity contribution in [3.63, 3.8) is 0 Å². The van der Waals surface area contributed by atoms with Crippen LogP contribution in [0.3, 0.4) is 0 Å². The maximum Gasteiger partial charge on any atom is 0.416 e. The van der Waals surface area contributed by atoms with Gasteiger partial charge in [-0.2, -0.15) is 13.2 Å². The number of aliphatic imine (C=N–C) groups is 1. The number of benzene rings is 1. The van der Waals surface area contributed by atoms with Crippen LogP contribution in [-0.4, -0.2) is 12.8 Å². The molecule has 0 N–H and O–H groups in total. The van der Waals surface area contributed by atoms with E-state index >= 15 is 0 Å². The van der Waals surface area contributed by atoms with Crippen LogP contribution in [0.25, 0.3) is 0 Å². The number of nitrogens with zero attached hydrogens (tertiary/aromatic N) is 1. The number of hydrogen-bond donors (Lipinski definition) is 0. The largest absolute Gasteiger partial charge is 0.416 e. The molecule has 90 valence electrons. The summed E-state index contributed by atoms with van der Waals surface area (Å²) in [5, 5.41) is 0. The molecule has 0 aromatic heterocycles. The van der Waals surface area contributed by atoms with E-state index in [4.69, 9.17) is 0 Å². The molecule has 1 aromatic carbocycles. The molecule has 0 saturated carbocycles. The zero-order chi connectivity index (χ0) is 12.5. The molecular weight excluding hydrogens is 227 g/mol. The average molecular weight is 239 g/mol. The Labute approximate surface area is 97.7 Å². The molecule has 1 aliphatic rings. The first-order chi connectivity index (χ1) is 7.92. The van der Waals surface area contributed by atoms with Gasteiger partial charge in [-0.3, -0.25) is 4.99 Å². The minimum Gasteiger partial charge on any atom is -0.292 e. The van der Waals surface area contributed by atoms with Crippen molar-refractivity contribution in [3.8, 4) is 0 Å². The first-order valence-corrected chi connectivity index (χ1v) is 5.27. The van der Waals surface area contributed by atoms with E-state index in [1.807, 2.05) is 13.0 Å². The molecule has 2 rings (SSSR count). The van der Waals surface area contributed by atoms with E-state index in [9.17, 15) is 13.2 Å². The highest BCUT2D eigenvalue weighted by Crippen LogP contribution is 2.34. The predicted octanol–water partition coefficient (Wildman–Crippen LogP) is 3.60. The van der Waals surface area contributed by atoms with Crippen molar-refractivity contribution in [2.24, 2.45) is 4.99 Å². The van der Waals surface area contributed by atoms with E-state index in [1.54, 1.807) is 18.4 Å². The second-order valence-electron chi connectivity index (χ2n) is 4.34. The number of dihydropyridines is 1. The number of alkyl halides is 3. The maximum absolute atomic E-state index is 12.6. The lowest BCUT2D eigenvalue weighted by Crippen LogP contribution is -2.25. The molecule has 1 nitrogen and oxygen atoms in total. The Bertz CT molecular complexity index is 474. The minimum atomic E-state index is -4.30. The third-order valence-electron chi connectivity index (χ3n) is 2.92. The van der Waals surface area contributed by atoms with Crippen molar-refractivity contribution in [2.75, 3.05) is 6.54 Å². The number of halogens is 3. The standard InChI is InChI=1S/C13H12F3N/c1-12(6-3-7-17-9-12)10-4-2-5-11(8-10)13(14,15)16/h2-8H,9H2,1H3. The van der Waals surface area contributed by atoms with Crippen molar-refractivity contribution in [2.45, 2.75) is 18.5 Å². The van der Waals surface area contributed by atoms with Gasteiger partial charge >= 0.3 is 6.18 Å². The van der Waals surface area contributed by atoms with E-state index < -0.39 is 17.2 Å². The Morgan fingerprint density at radius 3 is 2.65 bits per heavy atom. The fourth-order valence-corrected chi connectivity index (χ4v) is 1.85. The van der Waals surface area contributed by atoms with Gasteiger partial charge < -0.3 is 0 Å². The number of rotatable bonds is 1. The van der Waals surface area contributed by atoms with Crippen LogP contribution in [-0.2, 0) is 11.6 Å². The summed E-state index contributed by atoms with van der Waals surface area (Å²) in [6, 6.07) is 5.43. The Balaban J connectivity index is 2.40. The molecule has 1 atom stereocenters. The first kappa shape index (κ1) is 11.9. The van der Waals surface area contributed by atoms with Crippen molar-refractivity contribution in [1.29, 1.82) is 0 Å². The van der Waals surface area contributed by atoms with Crippen molar-refractivity contribution >= 4 is 6.21 Å². The molecule has 0 saturated heterocycles. The molecule has 1 unspecified atom stereocenters. The quantitative estimate of drug-likeness (QED) is 0.710. The lowest BCUT2D eigenvalue weighted by molar-refractivity contribution is -0.137. The van der Waals surface area contributed by atoms with Gasteiger partial charge in [-0.05, 0) is 17.7 Å². The summed E-state index contributed by atoms with van der Waals surface area (Å²) < 4.78 is 37.8. The summed E-state index contributed by atoms with van der Waals surface area (Å²) in [5.74, 6) is 0. The highest BCUT2D eigenvalue weighted by Gasteiger charge is 2.32. The molecule has 17 heavy (non-hydrogen) atoms. The monoisotopic (exact) mass is 239 g/mol. The molecule has 0 fully saturated rings. The highest BCUT2D eigenvalue weighted by molar-refractivity contribution is 5.73.